The average Bonchev–Trinajstić information content (AvgIpc) is 2.45. The first-order valence-electron chi connectivity index (χ1n) is 5.75. The minimum Gasteiger partial charge on any atom is -0.465 e. The van der Waals surface area contributed by atoms with Crippen molar-refractivity contribution in [1.82, 2.24) is 4.98 Å². The van der Waals surface area contributed by atoms with Gasteiger partial charge < -0.3 is 9.47 Å². The summed E-state index contributed by atoms with van der Waals surface area (Å²) in [5.41, 5.74) is 0.622. The molecule has 6 heteroatoms. The second-order valence-corrected chi connectivity index (χ2v) is 4.16. The van der Waals surface area contributed by atoms with E-state index in [1.807, 2.05) is 0 Å². The Bertz CT molecular complexity index is 712. The molecule has 0 unspecified atom stereocenters. The summed E-state index contributed by atoms with van der Waals surface area (Å²) in [4.78, 5) is 27.3. The van der Waals surface area contributed by atoms with E-state index in [0.29, 0.717) is 10.9 Å². The predicted octanol–water partition coefficient (Wildman–Crippen LogP) is 2.26. The zero-order chi connectivity index (χ0) is 14.9. The van der Waals surface area contributed by atoms with Gasteiger partial charge in [0.15, 0.2) is 0 Å². The molecular formula is C14H12FNO4. The highest BCUT2D eigenvalue weighted by Gasteiger charge is 2.18. The van der Waals surface area contributed by atoms with Crippen molar-refractivity contribution in [3.05, 3.63) is 40.8 Å². The second-order valence-electron chi connectivity index (χ2n) is 4.16. The Morgan fingerprint density at radius 3 is 2.35 bits per heavy atom. The molecule has 0 aliphatic heterocycles. The molecule has 0 aliphatic rings. The fourth-order valence-electron chi connectivity index (χ4n) is 1.84. The molecule has 0 radical (unpaired) electrons. The van der Waals surface area contributed by atoms with Crippen molar-refractivity contribution in [2.45, 2.75) is 6.92 Å². The first kappa shape index (κ1) is 13.9. The molecule has 0 saturated heterocycles. The van der Waals surface area contributed by atoms with Crippen LogP contribution < -0.4 is 0 Å². The van der Waals surface area contributed by atoms with Gasteiger partial charge in [0.25, 0.3) is 0 Å². The van der Waals surface area contributed by atoms with Crippen molar-refractivity contribution in [3.63, 3.8) is 0 Å². The number of hydrogen-bond acceptors (Lipinski definition) is 5. The summed E-state index contributed by atoms with van der Waals surface area (Å²) >= 11 is 0. The molecule has 2 aromatic rings. The summed E-state index contributed by atoms with van der Waals surface area (Å²) in [6, 6.07) is 3.94. The van der Waals surface area contributed by atoms with Crippen molar-refractivity contribution in [3.8, 4) is 0 Å². The summed E-state index contributed by atoms with van der Waals surface area (Å²) in [5, 5.41) is 0.420. The van der Waals surface area contributed by atoms with Gasteiger partial charge in [-0.25, -0.2) is 19.0 Å². The number of halogens is 1. The molecule has 2 rings (SSSR count). The first-order chi connectivity index (χ1) is 9.47. The molecule has 0 fully saturated rings. The van der Waals surface area contributed by atoms with Gasteiger partial charge in [0, 0.05) is 11.5 Å². The van der Waals surface area contributed by atoms with Gasteiger partial charge in [0.05, 0.1) is 25.3 Å². The molecule has 5 nitrogen and oxygen atoms in total. The maximum absolute atomic E-state index is 13.6. The minimum absolute atomic E-state index is 0.0800. The number of rotatable bonds is 2. The Labute approximate surface area is 114 Å². The molecule has 0 spiro atoms. The van der Waals surface area contributed by atoms with Crippen LogP contribution in [-0.4, -0.2) is 31.1 Å². The number of benzene rings is 1. The summed E-state index contributed by atoms with van der Waals surface area (Å²) in [5.74, 6) is -1.81. The Morgan fingerprint density at radius 2 is 1.75 bits per heavy atom. The topological polar surface area (TPSA) is 65.5 Å². The lowest BCUT2D eigenvalue weighted by molar-refractivity contribution is 0.0594. The van der Waals surface area contributed by atoms with E-state index in [4.69, 9.17) is 0 Å². The minimum atomic E-state index is -0.710. The zero-order valence-electron chi connectivity index (χ0n) is 11.2. The van der Waals surface area contributed by atoms with Crippen LogP contribution in [0.15, 0.2) is 18.2 Å². The SMILES string of the molecule is COC(=O)c1cc(C(=O)OC)c2cc(C)c(F)cc2n1. The Morgan fingerprint density at radius 1 is 1.10 bits per heavy atom. The molecule has 0 atom stereocenters. The highest BCUT2D eigenvalue weighted by atomic mass is 19.1. The lowest BCUT2D eigenvalue weighted by Gasteiger charge is -2.08. The lowest BCUT2D eigenvalue weighted by atomic mass is 10.0. The quantitative estimate of drug-likeness (QED) is 0.788. The van der Waals surface area contributed by atoms with E-state index in [-0.39, 0.29) is 16.8 Å². The van der Waals surface area contributed by atoms with Crippen LogP contribution in [0.3, 0.4) is 0 Å². The van der Waals surface area contributed by atoms with E-state index in [1.54, 1.807) is 6.92 Å². The lowest BCUT2D eigenvalue weighted by Crippen LogP contribution is -2.10. The van der Waals surface area contributed by atoms with E-state index in [9.17, 15) is 14.0 Å². The Balaban J connectivity index is 2.81. The Hall–Kier alpha value is -2.50. The second kappa shape index (κ2) is 5.24. The van der Waals surface area contributed by atoms with Gasteiger partial charge in [-0.2, -0.15) is 0 Å². The van der Waals surface area contributed by atoms with Gasteiger partial charge in [-0.05, 0) is 24.6 Å². The van der Waals surface area contributed by atoms with Gasteiger partial charge >= 0.3 is 11.9 Å². The van der Waals surface area contributed by atoms with E-state index >= 15 is 0 Å². The number of hydrogen-bond donors (Lipinski definition) is 0. The van der Waals surface area contributed by atoms with Crippen molar-refractivity contribution < 1.29 is 23.5 Å². The van der Waals surface area contributed by atoms with Crippen LogP contribution in [0.4, 0.5) is 4.39 Å². The molecule has 0 amide bonds. The van der Waals surface area contributed by atoms with Gasteiger partial charge in [-0.3, -0.25) is 0 Å². The molecule has 104 valence electrons. The molecule has 1 aromatic carbocycles. The third-order valence-electron chi connectivity index (χ3n) is 2.89. The third-order valence-corrected chi connectivity index (χ3v) is 2.89. The molecular weight excluding hydrogens is 265 g/mol. The van der Waals surface area contributed by atoms with Crippen LogP contribution in [0.5, 0.6) is 0 Å². The summed E-state index contributed by atoms with van der Waals surface area (Å²) in [6.45, 7) is 1.57. The number of methoxy groups -OCH3 is 2. The van der Waals surface area contributed by atoms with Gasteiger partial charge in [-0.1, -0.05) is 0 Å². The fourth-order valence-corrected chi connectivity index (χ4v) is 1.84. The molecule has 0 N–H and O–H groups in total. The number of carbonyl (C=O) groups excluding carboxylic acids is 2. The number of carbonyl (C=O) groups is 2. The fraction of sp³-hybridized carbons (Fsp3) is 0.214. The molecule has 1 heterocycles. The summed E-state index contributed by atoms with van der Waals surface area (Å²) in [6.07, 6.45) is 0. The highest BCUT2D eigenvalue weighted by Crippen LogP contribution is 2.23. The van der Waals surface area contributed by atoms with E-state index in [2.05, 4.69) is 14.5 Å². The summed E-state index contributed by atoms with van der Waals surface area (Å²) < 4.78 is 22.8. The van der Waals surface area contributed by atoms with Gasteiger partial charge in [-0.15, -0.1) is 0 Å². The van der Waals surface area contributed by atoms with E-state index in [0.717, 1.165) is 0 Å². The number of nitrogens with zero attached hydrogens (tertiary/aromatic N) is 1. The van der Waals surface area contributed by atoms with E-state index < -0.39 is 17.8 Å². The number of esters is 2. The summed E-state index contributed by atoms with van der Waals surface area (Å²) in [7, 11) is 2.42. The molecule has 0 saturated carbocycles. The van der Waals surface area contributed by atoms with Crippen LogP contribution >= 0.6 is 0 Å². The van der Waals surface area contributed by atoms with Gasteiger partial charge in [0.1, 0.15) is 11.5 Å². The maximum atomic E-state index is 13.6. The van der Waals surface area contributed by atoms with Crippen molar-refractivity contribution in [1.29, 1.82) is 0 Å². The number of aryl methyl sites for hydroxylation is 1. The average molecular weight is 277 g/mol. The van der Waals surface area contributed by atoms with Crippen molar-refractivity contribution in [2.24, 2.45) is 0 Å². The molecule has 1 aromatic heterocycles. The third kappa shape index (κ3) is 2.32. The first-order valence-corrected chi connectivity index (χ1v) is 5.75. The highest BCUT2D eigenvalue weighted by molar-refractivity contribution is 6.06. The normalized spacial score (nSPS) is 10.4. The number of fused-ring (bicyclic) bond motifs is 1. The van der Waals surface area contributed by atoms with Crippen molar-refractivity contribution >= 4 is 22.8 Å². The molecule has 0 bridgehead atoms. The zero-order valence-corrected chi connectivity index (χ0v) is 11.2. The van der Waals surface area contributed by atoms with Crippen LogP contribution in [-0.2, 0) is 9.47 Å². The number of aromatic nitrogens is 1. The van der Waals surface area contributed by atoms with Crippen LogP contribution in [0, 0.1) is 12.7 Å². The Kier molecular flexibility index (Phi) is 3.65. The smallest absolute Gasteiger partial charge is 0.356 e. The monoisotopic (exact) mass is 277 g/mol. The molecule has 20 heavy (non-hydrogen) atoms. The largest absolute Gasteiger partial charge is 0.465 e. The van der Waals surface area contributed by atoms with Crippen LogP contribution in [0.2, 0.25) is 0 Å². The number of ether oxygens (including phenoxy) is 2. The predicted molar refractivity (Wildman–Crippen MR) is 69.1 cm³/mol. The maximum Gasteiger partial charge on any atom is 0.356 e. The van der Waals surface area contributed by atoms with Gasteiger partial charge in [0.2, 0.25) is 0 Å². The molecule has 0 aliphatic carbocycles. The van der Waals surface area contributed by atoms with Crippen molar-refractivity contribution in [2.75, 3.05) is 14.2 Å². The van der Waals surface area contributed by atoms with E-state index in [1.165, 1.54) is 32.4 Å². The van der Waals surface area contributed by atoms with Crippen LogP contribution in [0.25, 0.3) is 10.9 Å². The van der Waals surface area contributed by atoms with Crippen LogP contribution in [0.1, 0.15) is 26.4 Å². The number of pyridine rings is 1. The standard InChI is InChI=1S/C14H12FNO4/c1-7-4-8-9(13(17)19-2)5-12(14(18)20-3)16-11(8)6-10(7)15/h4-6H,1-3H3.